The molecule has 2 aromatic rings. The van der Waals surface area contributed by atoms with Crippen LogP contribution in [0.15, 0.2) is 36.4 Å². The second-order valence-corrected chi connectivity index (χ2v) is 9.94. The summed E-state index contributed by atoms with van der Waals surface area (Å²) in [5, 5.41) is 2.65. The van der Waals surface area contributed by atoms with Crippen LogP contribution < -0.4 is 5.19 Å². The minimum Gasteiger partial charge on any atom is -0.206 e. The fourth-order valence-corrected chi connectivity index (χ4v) is 3.19. The molecule has 0 heterocycles. The van der Waals surface area contributed by atoms with E-state index in [0.717, 1.165) is 16.0 Å². The van der Waals surface area contributed by atoms with Crippen LogP contribution in [0.2, 0.25) is 19.6 Å². The molecule has 0 amide bonds. The van der Waals surface area contributed by atoms with Crippen molar-refractivity contribution in [3.05, 3.63) is 42.2 Å². The highest BCUT2D eigenvalue weighted by Crippen LogP contribution is 2.18. The van der Waals surface area contributed by atoms with E-state index in [1.165, 1.54) is 0 Å². The molecule has 0 aliphatic carbocycles. The average Bonchev–Trinajstić information content (AvgIpc) is 2.16. The van der Waals surface area contributed by atoms with E-state index in [1.807, 2.05) is 36.4 Å². The first-order chi connectivity index (χ1) is 7.00. The van der Waals surface area contributed by atoms with E-state index in [2.05, 4.69) is 19.6 Å². The highest BCUT2D eigenvalue weighted by atomic mass is 28.3. The van der Waals surface area contributed by atoms with Crippen molar-refractivity contribution in [2.45, 2.75) is 19.6 Å². The van der Waals surface area contributed by atoms with Crippen LogP contribution in [-0.4, -0.2) is 8.07 Å². The predicted octanol–water partition coefficient (Wildman–Crippen LogP) is 3.52. The number of fused-ring (bicyclic) bond motifs is 1. The van der Waals surface area contributed by atoms with Gasteiger partial charge in [0.05, 0.1) is 8.07 Å². The molecule has 0 fully saturated rings. The molecular weight excluding hydrogens is 203 g/mol. The number of rotatable bonds is 1. The van der Waals surface area contributed by atoms with E-state index in [0.29, 0.717) is 0 Å². The molecule has 2 aromatic carbocycles. The highest BCUT2D eigenvalue weighted by Gasteiger charge is 2.21. The Labute approximate surface area is 90.8 Å². The van der Waals surface area contributed by atoms with Gasteiger partial charge in [0.2, 0.25) is 0 Å². The summed E-state index contributed by atoms with van der Waals surface area (Å²) in [5.74, 6) is -0.0210. The zero-order valence-electron chi connectivity index (χ0n) is 9.34. The third-order valence-electron chi connectivity index (χ3n) is 2.67. The Bertz CT molecular complexity index is 497. The van der Waals surface area contributed by atoms with Crippen LogP contribution in [0, 0.1) is 5.82 Å². The Morgan fingerprint density at radius 1 is 0.933 bits per heavy atom. The molecule has 0 aliphatic rings. The standard InChI is InChI=1S/C13H15FSi/c1-15(2,3)12-9-8-10-6-4-5-7-11(10)13(12)14/h4-9H,1-3H3. The Morgan fingerprint density at radius 2 is 1.60 bits per heavy atom. The predicted molar refractivity (Wildman–Crippen MR) is 66.9 cm³/mol. The molecule has 0 unspecified atom stereocenters. The van der Waals surface area contributed by atoms with Gasteiger partial charge >= 0.3 is 0 Å². The summed E-state index contributed by atoms with van der Waals surface area (Å²) >= 11 is 0. The maximum absolute atomic E-state index is 14.2. The molecule has 0 N–H and O–H groups in total. The topological polar surface area (TPSA) is 0 Å². The van der Waals surface area contributed by atoms with Gasteiger partial charge in [-0.15, -0.1) is 0 Å². The van der Waals surface area contributed by atoms with Gasteiger partial charge in [-0.05, 0) is 10.6 Å². The van der Waals surface area contributed by atoms with Crippen molar-refractivity contribution in [3.8, 4) is 0 Å². The molecule has 0 bridgehead atoms. The third kappa shape index (κ3) is 1.82. The number of hydrogen-bond donors (Lipinski definition) is 0. The number of benzene rings is 2. The fourth-order valence-electron chi connectivity index (χ4n) is 1.81. The lowest BCUT2D eigenvalue weighted by Crippen LogP contribution is -2.39. The zero-order chi connectivity index (χ0) is 11.1. The van der Waals surface area contributed by atoms with E-state index < -0.39 is 8.07 Å². The molecule has 2 heteroatoms. The molecule has 2 rings (SSSR count). The van der Waals surface area contributed by atoms with Gasteiger partial charge in [-0.25, -0.2) is 4.39 Å². The summed E-state index contributed by atoms with van der Waals surface area (Å²) in [6.07, 6.45) is 0. The summed E-state index contributed by atoms with van der Waals surface area (Å²) in [6, 6.07) is 11.6. The van der Waals surface area contributed by atoms with Crippen molar-refractivity contribution in [1.82, 2.24) is 0 Å². The second-order valence-electron chi connectivity index (χ2n) is 4.90. The first-order valence-corrected chi connectivity index (χ1v) is 8.68. The van der Waals surface area contributed by atoms with Crippen molar-refractivity contribution in [2.75, 3.05) is 0 Å². The van der Waals surface area contributed by atoms with Crippen LogP contribution in [0.4, 0.5) is 4.39 Å². The molecule has 0 saturated carbocycles. The van der Waals surface area contributed by atoms with Crippen LogP contribution in [0.1, 0.15) is 0 Å². The van der Waals surface area contributed by atoms with Gasteiger partial charge in [0.15, 0.2) is 0 Å². The molecule has 0 saturated heterocycles. The summed E-state index contributed by atoms with van der Waals surface area (Å²) in [7, 11) is -1.57. The Balaban J connectivity index is 2.76. The minimum atomic E-state index is -1.57. The molecule has 15 heavy (non-hydrogen) atoms. The van der Waals surface area contributed by atoms with Gasteiger partial charge in [0.25, 0.3) is 0 Å². The van der Waals surface area contributed by atoms with Gasteiger partial charge in [-0.1, -0.05) is 56.0 Å². The largest absolute Gasteiger partial charge is 0.206 e. The van der Waals surface area contributed by atoms with Crippen LogP contribution in [0.3, 0.4) is 0 Å². The Morgan fingerprint density at radius 3 is 2.27 bits per heavy atom. The summed E-state index contributed by atoms with van der Waals surface area (Å²) in [4.78, 5) is 0. The van der Waals surface area contributed by atoms with Crippen LogP contribution in [-0.2, 0) is 0 Å². The van der Waals surface area contributed by atoms with E-state index in [-0.39, 0.29) is 5.82 Å². The Hall–Kier alpha value is -1.15. The molecular formula is C13H15FSi. The summed E-state index contributed by atoms with van der Waals surface area (Å²) < 4.78 is 14.2. The second kappa shape index (κ2) is 3.45. The maximum atomic E-state index is 14.2. The van der Waals surface area contributed by atoms with Crippen molar-refractivity contribution in [2.24, 2.45) is 0 Å². The monoisotopic (exact) mass is 218 g/mol. The lowest BCUT2D eigenvalue weighted by atomic mass is 10.1. The average molecular weight is 218 g/mol. The smallest absolute Gasteiger partial charge is 0.130 e. The third-order valence-corrected chi connectivity index (χ3v) is 4.67. The van der Waals surface area contributed by atoms with E-state index in [4.69, 9.17) is 0 Å². The van der Waals surface area contributed by atoms with Gasteiger partial charge in [-0.2, -0.15) is 0 Å². The SMILES string of the molecule is C[Si](C)(C)c1ccc2ccccc2c1F. The zero-order valence-corrected chi connectivity index (χ0v) is 10.3. The van der Waals surface area contributed by atoms with Crippen LogP contribution in [0.5, 0.6) is 0 Å². The maximum Gasteiger partial charge on any atom is 0.130 e. The van der Waals surface area contributed by atoms with Crippen LogP contribution in [0.25, 0.3) is 10.8 Å². The molecule has 0 aromatic heterocycles. The van der Waals surface area contributed by atoms with Gasteiger partial charge < -0.3 is 0 Å². The molecule has 0 atom stereocenters. The first kappa shape index (κ1) is 10.4. The molecule has 0 aliphatic heterocycles. The minimum absolute atomic E-state index is 0.0210. The van der Waals surface area contributed by atoms with E-state index in [9.17, 15) is 4.39 Å². The van der Waals surface area contributed by atoms with Crippen molar-refractivity contribution < 1.29 is 4.39 Å². The Kier molecular flexibility index (Phi) is 2.39. The van der Waals surface area contributed by atoms with Gasteiger partial charge in [0, 0.05) is 5.39 Å². The lowest BCUT2D eigenvalue weighted by molar-refractivity contribution is 0.647. The van der Waals surface area contributed by atoms with Crippen molar-refractivity contribution in [3.63, 3.8) is 0 Å². The molecule has 78 valence electrons. The molecule has 0 nitrogen and oxygen atoms in total. The first-order valence-electron chi connectivity index (χ1n) is 5.18. The summed E-state index contributed by atoms with van der Waals surface area (Å²) in [6.45, 7) is 6.50. The van der Waals surface area contributed by atoms with Crippen molar-refractivity contribution >= 4 is 24.0 Å². The van der Waals surface area contributed by atoms with E-state index >= 15 is 0 Å². The molecule has 0 spiro atoms. The van der Waals surface area contributed by atoms with Crippen LogP contribution >= 0.6 is 0 Å². The van der Waals surface area contributed by atoms with Gasteiger partial charge in [0.1, 0.15) is 5.82 Å². The van der Waals surface area contributed by atoms with E-state index in [1.54, 1.807) is 0 Å². The number of hydrogen-bond acceptors (Lipinski definition) is 0. The van der Waals surface area contributed by atoms with Gasteiger partial charge in [-0.3, -0.25) is 0 Å². The highest BCUT2D eigenvalue weighted by molar-refractivity contribution is 6.88. The fraction of sp³-hybridized carbons (Fsp3) is 0.231. The molecule has 0 radical (unpaired) electrons. The van der Waals surface area contributed by atoms with Crippen molar-refractivity contribution in [1.29, 1.82) is 0 Å². The lowest BCUT2D eigenvalue weighted by Gasteiger charge is -2.18. The number of halogens is 1. The summed E-state index contributed by atoms with van der Waals surface area (Å²) in [5.41, 5.74) is 0. The quantitative estimate of drug-likeness (QED) is 0.642. The normalized spacial score (nSPS) is 12.0.